The van der Waals surface area contributed by atoms with Crippen LogP contribution in [-0.4, -0.2) is 36.0 Å². The summed E-state index contributed by atoms with van der Waals surface area (Å²) in [6.45, 7) is 0.610. The molecule has 4 aromatic rings. The van der Waals surface area contributed by atoms with Gasteiger partial charge in [0.25, 0.3) is 0 Å². The summed E-state index contributed by atoms with van der Waals surface area (Å²) in [5, 5.41) is 12.5. The Morgan fingerprint density at radius 3 is 3.00 bits per heavy atom. The molecule has 1 aliphatic heterocycles. The molecule has 0 unspecified atom stereocenters. The van der Waals surface area contributed by atoms with Crippen LogP contribution in [0.15, 0.2) is 36.9 Å². The van der Waals surface area contributed by atoms with Crippen molar-refractivity contribution in [2.45, 2.75) is 19.3 Å². The Balaban J connectivity index is 1.50. The molecule has 0 aliphatic carbocycles. The second kappa shape index (κ2) is 6.15. The highest BCUT2D eigenvalue weighted by Gasteiger charge is 2.20. The summed E-state index contributed by atoms with van der Waals surface area (Å²) in [4.78, 5) is 4.60. The molecule has 0 saturated carbocycles. The summed E-state index contributed by atoms with van der Waals surface area (Å²) in [7, 11) is 1.87. The van der Waals surface area contributed by atoms with E-state index in [1.54, 1.807) is 29.5 Å². The van der Waals surface area contributed by atoms with Crippen molar-refractivity contribution in [1.82, 2.24) is 29.4 Å². The summed E-state index contributed by atoms with van der Waals surface area (Å²) in [5.41, 5.74) is 4.17. The summed E-state index contributed by atoms with van der Waals surface area (Å²) < 4.78 is 23.6. The monoisotopic (exact) mass is 364 g/mol. The Morgan fingerprint density at radius 2 is 2.15 bits per heavy atom. The van der Waals surface area contributed by atoms with E-state index in [9.17, 15) is 4.39 Å². The lowest BCUT2D eigenvalue weighted by Crippen LogP contribution is -2.06. The Morgan fingerprint density at radius 1 is 1.22 bits per heavy atom. The van der Waals surface area contributed by atoms with Crippen LogP contribution in [0.1, 0.15) is 17.0 Å². The predicted octanol–water partition coefficient (Wildman–Crippen LogP) is 2.38. The maximum atomic E-state index is 14.4. The van der Waals surface area contributed by atoms with Crippen molar-refractivity contribution in [3.8, 4) is 17.0 Å². The van der Waals surface area contributed by atoms with Crippen LogP contribution in [0, 0.1) is 5.82 Å². The van der Waals surface area contributed by atoms with Gasteiger partial charge in [0.2, 0.25) is 0 Å². The molecule has 0 bridgehead atoms. The summed E-state index contributed by atoms with van der Waals surface area (Å²) in [6, 6.07) is 5.10. The highest BCUT2D eigenvalue weighted by atomic mass is 19.1. The third-order valence-corrected chi connectivity index (χ3v) is 5.05. The van der Waals surface area contributed by atoms with E-state index in [-0.39, 0.29) is 5.82 Å². The number of fused-ring (bicyclic) bond motifs is 2. The summed E-state index contributed by atoms with van der Waals surface area (Å²) in [5.74, 6) is 1.39. The lowest BCUT2D eigenvalue weighted by molar-refractivity contribution is 0.356. The van der Waals surface area contributed by atoms with E-state index in [1.165, 1.54) is 6.07 Å². The van der Waals surface area contributed by atoms with Crippen molar-refractivity contribution >= 4 is 5.65 Å². The average molecular weight is 364 g/mol. The molecule has 1 aliphatic rings. The second-order valence-corrected chi connectivity index (χ2v) is 6.55. The van der Waals surface area contributed by atoms with Crippen LogP contribution < -0.4 is 4.74 Å². The van der Waals surface area contributed by atoms with Crippen LogP contribution in [0.2, 0.25) is 0 Å². The average Bonchev–Trinajstić information content (AvgIpc) is 3.41. The molecule has 5 rings (SSSR count). The van der Waals surface area contributed by atoms with Gasteiger partial charge in [0.1, 0.15) is 23.7 Å². The minimum absolute atomic E-state index is 0.189. The maximum absolute atomic E-state index is 14.4. The van der Waals surface area contributed by atoms with Gasteiger partial charge < -0.3 is 4.74 Å². The van der Waals surface area contributed by atoms with Crippen LogP contribution >= 0.6 is 0 Å². The molecule has 0 fully saturated rings. The lowest BCUT2D eigenvalue weighted by Gasteiger charge is -2.10. The SMILES string of the molecule is Cn1nccc1-c1cnc(CCc2c(F)ccc3c2CCO3)n2cnnc12. The number of aryl methyl sites for hydroxylation is 2. The van der Waals surface area contributed by atoms with Gasteiger partial charge in [0, 0.05) is 37.8 Å². The molecule has 0 saturated heterocycles. The van der Waals surface area contributed by atoms with Gasteiger partial charge in [0.05, 0.1) is 17.9 Å². The zero-order valence-electron chi connectivity index (χ0n) is 14.8. The number of hydrogen-bond acceptors (Lipinski definition) is 5. The molecule has 0 amide bonds. The highest BCUT2D eigenvalue weighted by molar-refractivity contribution is 5.74. The molecule has 0 atom stereocenters. The molecule has 0 spiro atoms. The van der Waals surface area contributed by atoms with E-state index < -0.39 is 0 Å². The Labute approximate surface area is 154 Å². The van der Waals surface area contributed by atoms with Gasteiger partial charge in [-0.3, -0.25) is 9.08 Å². The maximum Gasteiger partial charge on any atom is 0.173 e. The molecule has 136 valence electrons. The van der Waals surface area contributed by atoms with Crippen LogP contribution in [0.3, 0.4) is 0 Å². The van der Waals surface area contributed by atoms with Gasteiger partial charge in [-0.05, 0) is 30.2 Å². The fourth-order valence-electron chi connectivity index (χ4n) is 3.69. The fourth-order valence-corrected chi connectivity index (χ4v) is 3.69. The van der Waals surface area contributed by atoms with Gasteiger partial charge in [-0.2, -0.15) is 5.10 Å². The Hall–Kier alpha value is -3.29. The standard InChI is InChI=1S/C19H17FN6O/c1-25-16(6-8-23-25)14-10-21-18(26-11-22-24-19(14)26)5-2-12-13-7-9-27-17(13)4-3-15(12)20/h3-4,6,8,10-11H,2,5,7,9H2,1H3. The molecule has 0 radical (unpaired) electrons. The normalized spacial score (nSPS) is 13.1. The van der Waals surface area contributed by atoms with Crippen molar-refractivity contribution in [1.29, 1.82) is 0 Å². The summed E-state index contributed by atoms with van der Waals surface area (Å²) >= 11 is 0. The molecule has 0 N–H and O–H groups in total. The van der Waals surface area contributed by atoms with Crippen molar-refractivity contribution in [2.24, 2.45) is 7.05 Å². The fraction of sp³-hybridized carbons (Fsp3) is 0.263. The molecule has 8 heteroatoms. The van der Waals surface area contributed by atoms with Gasteiger partial charge in [-0.25, -0.2) is 9.37 Å². The topological polar surface area (TPSA) is 70.1 Å². The quantitative estimate of drug-likeness (QED) is 0.556. The van der Waals surface area contributed by atoms with E-state index in [1.807, 2.05) is 17.5 Å². The smallest absolute Gasteiger partial charge is 0.173 e. The number of nitrogens with zero attached hydrogens (tertiary/aromatic N) is 6. The Bertz CT molecular complexity index is 1150. The van der Waals surface area contributed by atoms with E-state index in [0.29, 0.717) is 30.7 Å². The van der Waals surface area contributed by atoms with E-state index in [4.69, 9.17) is 4.74 Å². The minimum Gasteiger partial charge on any atom is -0.493 e. The van der Waals surface area contributed by atoms with Crippen LogP contribution in [0.5, 0.6) is 5.75 Å². The first-order chi connectivity index (χ1) is 13.2. The van der Waals surface area contributed by atoms with Gasteiger partial charge in [-0.15, -0.1) is 10.2 Å². The van der Waals surface area contributed by atoms with E-state index >= 15 is 0 Å². The molecular formula is C19H17FN6O. The van der Waals surface area contributed by atoms with Crippen molar-refractivity contribution in [3.05, 3.63) is 59.7 Å². The zero-order valence-corrected chi connectivity index (χ0v) is 14.8. The van der Waals surface area contributed by atoms with E-state index in [0.717, 1.165) is 34.8 Å². The van der Waals surface area contributed by atoms with Gasteiger partial charge in [0.15, 0.2) is 5.65 Å². The predicted molar refractivity (Wildman–Crippen MR) is 96.0 cm³/mol. The molecule has 27 heavy (non-hydrogen) atoms. The summed E-state index contributed by atoms with van der Waals surface area (Å²) in [6.07, 6.45) is 7.03. The lowest BCUT2D eigenvalue weighted by atomic mass is 10.00. The highest BCUT2D eigenvalue weighted by Crippen LogP contribution is 2.31. The second-order valence-electron chi connectivity index (χ2n) is 6.55. The van der Waals surface area contributed by atoms with Crippen molar-refractivity contribution in [2.75, 3.05) is 6.61 Å². The number of aromatic nitrogens is 6. The van der Waals surface area contributed by atoms with Crippen molar-refractivity contribution < 1.29 is 9.13 Å². The minimum atomic E-state index is -0.189. The number of hydrogen-bond donors (Lipinski definition) is 0. The first-order valence-electron chi connectivity index (χ1n) is 8.81. The third kappa shape index (κ3) is 2.56. The molecule has 3 aromatic heterocycles. The third-order valence-electron chi connectivity index (χ3n) is 5.05. The van der Waals surface area contributed by atoms with Crippen molar-refractivity contribution in [3.63, 3.8) is 0 Å². The molecule has 1 aromatic carbocycles. The van der Waals surface area contributed by atoms with Crippen LogP contribution in [-0.2, 0) is 26.3 Å². The number of halogens is 1. The molecular weight excluding hydrogens is 347 g/mol. The van der Waals surface area contributed by atoms with E-state index in [2.05, 4.69) is 20.3 Å². The zero-order chi connectivity index (χ0) is 18.4. The first-order valence-corrected chi connectivity index (χ1v) is 8.81. The Kier molecular flexibility index (Phi) is 3.63. The number of benzene rings is 1. The molecule has 7 nitrogen and oxygen atoms in total. The van der Waals surface area contributed by atoms with Crippen LogP contribution in [0.4, 0.5) is 4.39 Å². The number of ether oxygens (including phenoxy) is 1. The van der Waals surface area contributed by atoms with Gasteiger partial charge in [-0.1, -0.05) is 0 Å². The first kappa shape index (κ1) is 15.9. The largest absolute Gasteiger partial charge is 0.493 e. The molecule has 4 heterocycles. The van der Waals surface area contributed by atoms with Crippen LogP contribution in [0.25, 0.3) is 16.9 Å². The number of rotatable bonds is 4. The van der Waals surface area contributed by atoms with Gasteiger partial charge >= 0.3 is 0 Å².